The van der Waals surface area contributed by atoms with Gasteiger partial charge in [-0.2, -0.15) is 0 Å². The maximum absolute atomic E-state index is 13.1. The predicted octanol–water partition coefficient (Wildman–Crippen LogP) is 3.73. The number of likely N-dealkylation sites (tertiary alicyclic amines) is 1. The summed E-state index contributed by atoms with van der Waals surface area (Å²) in [6, 6.07) is 15.4. The maximum atomic E-state index is 13.1. The Morgan fingerprint density at radius 3 is 2.12 bits per heavy atom. The third-order valence-electron chi connectivity index (χ3n) is 6.79. The molecule has 7 heteroatoms. The number of carbonyl (C=O) groups is 3. The molecule has 33 heavy (non-hydrogen) atoms. The van der Waals surface area contributed by atoms with E-state index >= 15 is 0 Å². The standard InChI is InChI=1S/C26H30N2O5/c1-15(2)23(24(29)28-12-16(3)21(13-28)25(30)31)27-26(32)33-14-22-19-10-6-4-8-17(19)18-9-5-7-11-20(18)22/h4-11,15-16,21-23H,12-14H2,1-3H3,(H,27,32)(H,30,31)/t16?,21?,23-/m1/s1. The molecule has 1 heterocycles. The van der Waals surface area contributed by atoms with Crippen molar-refractivity contribution in [3.8, 4) is 11.1 Å². The molecule has 0 bridgehead atoms. The summed E-state index contributed by atoms with van der Waals surface area (Å²) in [5.74, 6) is -2.12. The van der Waals surface area contributed by atoms with Crippen LogP contribution in [0.3, 0.4) is 0 Å². The van der Waals surface area contributed by atoms with Crippen molar-refractivity contribution in [3.05, 3.63) is 59.7 Å². The molecular formula is C26H30N2O5. The molecule has 1 saturated heterocycles. The Labute approximate surface area is 193 Å². The van der Waals surface area contributed by atoms with E-state index in [4.69, 9.17) is 4.74 Å². The number of benzene rings is 2. The van der Waals surface area contributed by atoms with Gasteiger partial charge in [0.15, 0.2) is 0 Å². The number of nitrogens with zero attached hydrogens (tertiary/aromatic N) is 1. The van der Waals surface area contributed by atoms with Crippen molar-refractivity contribution < 1.29 is 24.2 Å². The topological polar surface area (TPSA) is 95.9 Å². The second-order valence-corrected chi connectivity index (χ2v) is 9.36. The molecule has 0 aromatic heterocycles. The van der Waals surface area contributed by atoms with Crippen molar-refractivity contribution in [2.45, 2.75) is 32.7 Å². The van der Waals surface area contributed by atoms with Gasteiger partial charge in [0.1, 0.15) is 12.6 Å². The van der Waals surface area contributed by atoms with Crippen LogP contribution in [-0.4, -0.2) is 53.7 Å². The van der Waals surface area contributed by atoms with Gasteiger partial charge in [0.05, 0.1) is 5.92 Å². The van der Waals surface area contributed by atoms with Crippen LogP contribution < -0.4 is 5.32 Å². The fourth-order valence-electron chi connectivity index (χ4n) is 4.95. The Morgan fingerprint density at radius 2 is 1.61 bits per heavy atom. The van der Waals surface area contributed by atoms with E-state index in [1.807, 2.05) is 45.0 Å². The summed E-state index contributed by atoms with van der Waals surface area (Å²) in [6.07, 6.45) is -0.647. The van der Waals surface area contributed by atoms with E-state index in [0.717, 1.165) is 22.3 Å². The Hall–Kier alpha value is -3.35. The zero-order valence-electron chi connectivity index (χ0n) is 19.2. The molecule has 2 N–H and O–H groups in total. The summed E-state index contributed by atoms with van der Waals surface area (Å²) < 4.78 is 5.60. The van der Waals surface area contributed by atoms with Crippen LogP contribution in [0, 0.1) is 17.8 Å². The molecule has 1 fully saturated rings. The van der Waals surface area contributed by atoms with Gasteiger partial charge in [-0.15, -0.1) is 0 Å². The molecule has 2 aliphatic rings. The number of alkyl carbamates (subject to hydrolysis) is 1. The van der Waals surface area contributed by atoms with E-state index in [1.165, 1.54) is 4.90 Å². The van der Waals surface area contributed by atoms with Crippen LogP contribution in [0.2, 0.25) is 0 Å². The van der Waals surface area contributed by atoms with Gasteiger partial charge in [-0.3, -0.25) is 9.59 Å². The number of rotatable bonds is 6. The monoisotopic (exact) mass is 450 g/mol. The summed E-state index contributed by atoms with van der Waals surface area (Å²) in [4.78, 5) is 38.7. The van der Waals surface area contributed by atoms with Gasteiger partial charge >= 0.3 is 12.1 Å². The normalized spacial score (nSPS) is 20.3. The third kappa shape index (κ3) is 4.45. The summed E-state index contributed by atoms with van der Waals surface area (Å²) in [5.41, 5.74) is 4.53. The number of nitrogens with one attached hydrogen (secondary N) is 1. The Kier molecular flexibility index (Phi) is 6.40. The van der Waals surface area contributed by atoms with Crippen LogP contribution in [0.15, 0.2) is 48.5 Å². The van der Waals surface area contributed by atoms with E-state index in [2.05, 4.69) is 29.6 Å². The second-order valence-electron chi connectivity index (χ2n) is 9.36. The van der Waals surface area contributed by atoms with Gasteiger partial charge in [0.25, 0.3) is 0 Å². The highest BCUT2D eigenvalue weighted by Crippen LogP contribution is 2.44. The number of ether oxygens (including phenoxy) is 1. The van der Waals surface area contributed by atoms with Gasteiger partial charge in [-0.05, 0) is 34.1 Å². The highest BCUT2D eigenvalue weighted by molar-refractivity contribution is 5.87. The van der Waals surface area contributed by atoms with Crippen LogP contribution >= 0.6 is 0 Å². The summed E-state index contributed by atoms with van der Waals surface area (Å²) >= 11 is 0. The summed E-state index contributed by atoms with van der Waals surface area (Å²) in [5, 5.41) is 12.1. The van der Waals surface area contributed by atoms with Crippen LogP contribution in [0.25, 0.3) is 11.1 Å². The first kappa shape index (κ1) is 22.8. The van der Waals surface area contributed by atoms with Gasteiger partial charge in [-0.1, -0.05) is 69.3 Å². The van der Waals surface area contributed by atoms with Crippen LogP contribution in [0.4, 0.5) is 4.79 Å². The van der Waals surface area contributed by atoms with Crippen molar-refractivity contribution in [3.63, 3.8) is 0 Å². The number of aliphatic carboxylic acids is 1. The number of amides is 2. The molecule has 2 aromatic carbocycles. The lowest BCUT2D eigenvalue weighted by molar-refractivity contribution is -0.142. The Balaban J connectivity index is 1.41. The second kappa shape index (κ2) is 9.25. The smallest absolute Gasteiger partial charge is 0.407 e. The number of carbonyl (C=O) groups excluding carboxylic acids is 2. The van der Waals surface area contributed by atoms with Crippen molar-refractivity contribution in [1.82, 2.24) is 10.2 Å². The molecule has 0 radical (unpaired) electrons. The SMILES string of the molecule is CC1CN(C(=O)[C@H](NC(=O)OCC2c3ccccc3-c3ccccc32)C(C)C)CC1C(=O)O. The number of carboxylic acid groups (broad SMARTS) is 1. The lowest BCUT2D eigenvalue weighted by Gasteiger charge is -2.27. The Bertz CT molecular complexity index is 1020. The Morgan fingerprint density at radius 1 is 1.03 bits per heavy atom. The van der Waals surface area contributed by atoms with E-state index < -0.39 is 24.0 Å². The van der Waals surface area contributed by atoms with E-state index in [-0.39, 0.29) is 36.8 Å². The largest absolute Gasteiger partial charge is 0.481 e. The fraction of sp³-hybridized carbons (Fsp3) is 0.423. The first-order valence-electron chi connectivity index (χ1n) is 11.4. The molecular weight excluding hydrogens is 420 g/mol. The lowest BCUT2D eigenvalue weighted by Crippen LogP contribution is -2.51. The number of hydrogen-bond acceptors (Lipinski definition) is 4. The van der Waals surface area contributed by atoms with Crippen molar-refractivity contribution in [2.75, 3.05) is 19.7 Å². The third-order valence-corrected chi connectivity index (χ3v) is 6.79. The first-order valence-corrected chi connectivity index (χ1v) is 11.4. The van der Waals surface area contributed by atoms with E-state index in [1.54, 1.807) is 0 Å². The molecule has 4 rings (SSSR count). The van der Waals surface area contributed by atoms with Gasteiger partial charge in [0.2, 0.25) is 5.91 Å². The van der Waals surface area contributed by atoms with Crippen LogP contribution in [0.1, 0.15) is 37.8 Å². The molecule has 1 aliphatic heterocycles. The minimum atomic E-state index is -0.900. The summed E-state index contributed by atoms with van der Waals surface area (Å²) in [7, 11) is 0. The molecule has 7 nitrogen and oxygen atoms in total. The minimum Gasteiger partial charge on any atom is -0.481 e. The van der Waals surface area contributed by atoms with E-state index in [0.29, 0.717) is 6.54 Å². The molecule has 2 unspecified atom stereocenters. The number of hydrogen-bond donors (Lipinski definition) is 2. The van der Waals surface area contributed by atoms with Crippen LogP contribution in [-0.2, 0) is 14.3 Å². The van der Waals surface area contributed by atoms with Gasteiger partial charge in [0, 0.05) is 19.0 Å². The highest BCUT2D eigenvalue weighted by Gasteiger charge is 2.40. The summed E-state index contributed by atoms with van der Waals surface area (Å²) in [6.45, 7) is 6.22. The van der Waals surface area contributed by atoms with Gasteiger partial charge < -0.3 is 20.1 Å². The van der Waals surface area contributed by atoms with E-state index in [9.17, 15) is 19.5 Å². The predicted molar refractivity (Wildman–Crippen MR) is 124 cm³/mol. The lowest BCUT2D eigenvalue weighted by atomic mass is 9.98. The van der Waals surface area contributed by atoms with Crippen molar-refractivity contribution >= 4 is 18.0 Å². The molecule has 1 aliphatic carbocycles. The average molecular weight is 451 g/mol. The zero-order chi connectivity index (χ0) is 23.7. The average Bonchev–Trinajstić information content (AvgIpc) is 3.34. The molecule has 2 aromatic rings. The van der Waals surface area contributed by atoms with Crippen molar-refractivity contribution in [1.29, 1.82) is 0 Å². The molecule has 3 atom stereocenters. The highest BCUT2D eigenvalue weighted by atomic mass is 16.5. The fourth-order valence-corrected chi connectivity index (χ4v) is 4.95. The molecule has 0 spiro atoms. The molecule has 174 valence electrons. The quantitative estimate of drug-likeness (QED) is 0.699. The van der Waals surface area contributed by atoms with Crippen LogP contribution in [0.5, 0.6) is 0 Å². The number of carboxylic acids is 1. The zero-order valence-corrected chi connectivity index (χ0v) is 19.2. The number of fused-ring (bicyclic) bond motifs is 3. The molecule has 0 saturated carbocycles. The maximum Gasteiger partial charge on any atom is 0.407 e. The van der Waals surface area contributed by atoms with Gasteiger partial charge in [-0.25, -0.2) is 4.79 Å². The van der Waals surface area contributed by atoms with Crippen molar-refractivity contribution in [2.24, 2.45) is 17.8 Å². The minimum absolute atomic E-state index is 0.0629. The molecule has 2 amide bonds. The first-order chi connectivity index (χ1) is 15.8.